The zero-order valence-electron chi connectivity index (χ0n) is 16.0. The minimum Gasteiger partial charge on any atom is -0.325 e. The lowest BCUT2D eigenvalue weighted by Gasteiger charge is -2.13. The van der Waals surface area contributed by atoms with Crippen molar-refractivity contribution in [1.29, 1.82) is 0 Å². The van der Waals surface area contributed by atoms with E-state index in [1.165, 1.54) is 23.9 Å². The van der Waals surface area contributed by atoms with Crippen LogP contribution in [0.15, 0.2) is 53.7 Å². The Labute approximate surface area is 170 Å². The van der Waals surface area contributed by atoms with Crippen LogP contribution in [0, 0.1) is 6.92 Å². The molecule has 2 aromatic carbocycles. The van der Waals surface area contributed by atoms with Crippen LogP contribution in [0.2, 0.25) is 0 Å². The van der Waals surface area contributed by atoms with Crippen LogP contribution in [0.25, 0.3) is 11.4 Å². The highest BCUT2D eigenvalue weighted by Crippen LogP contribution is 2.30. The van der Waals surface area contributed by atoms with Gasteiger partial charge in [0.25, 0.3) is 0 Å². The molecule has 29 heavy (non-hydrogen) atoms. The van der Waals surface area contributed by atoms with E-state index in [4.69, 9.17) is 0 Å². The van der Waals surface area contributed by atoms with Gasteiger partial charge in [0.15, 0.2) is 11.0 Å². The van der Waals surface area contributed by atoms with Crippen molar-refractivity contribution in [2.75, 3.05) is 5.32 Å². The standard InChI is InChI=1S/C20H19F3N4OS/c1-12-6-4-5-7-16(12)17-25-26-19(27(17)3)29-13(2)18(28)24-15-10-8-14(9-11-15)20(21,22)23/h4-11,13H,1-3H3,(H,24,28). The average molecular weight is 420 g/mol. The third-order valence-electron chi connectivity index (χ3n) is 4.35. The number of aromatic nitrogens is 3. The summed E-state index contributed by atoms with van der Waals surface area (Å²) in [7, 11) is 1.82. The highest BCUT2D eigenvalue weighted by atomic mass is 32.2. The van der Waals surface area contributed by atoms with Crippen LogP contribution < -0.4 is 5.32 Å². The molecular weight excluding hydrogens is 401 g/mol. The van der Waals surface area contributed by atoms with Crippen LogP contribution in [-0.4, -0.2) is 25.9 Å². The second-order valence-corrected chi connectivity index (χ2v) is 7.81. The second kappa shape index (κ2) is 8.28. The van der Waals surface area contributed by atoms with Gasteiger partial charge >= 0.3 is 6.18 Å². The number of anilines is 1. The van der Waals surface area contributed by atoms with Gasteiger partial charge in [-0.3, -0.25) is 4.79 Å². The summed E-state index contributed by atoms with van der Waals surface area (Å²) in [5.74, 6) is 0.358. The molecule has 1 heterocycles. The lowest BCUT2D eigenvalue weighted by molar-refractivity contribution is -0.137. The SMILES string of the molecule is Cc1ccccc1-c1nnc(SC(C)C(=O)Nc2ccc(C(F)(F)F)cc2)n1C. The Balaban J connectivity index is 1.68. The van der Waals surface area contributed by atoms with Crippen molar-refractivity contribution in [3.05, 3.63) is 59.7 Å². The highest BCUT2D eigenvalue weighted by Gasteiger charge is 2.30. The minimum atomic E-state index is -4.41. The quantitative estimate of drug-likeness (QED) is 0.595. The molecule has 3 rings (SSSR count). The molecule has 0 aliphatic carbocycles. The van der Waals surface area contributed by atoms with Crippen LogP contribution in [0.4, 0.5) is 18.9 Å². The molecule has 1 N–H and O–H groups in total. The predicted molar refractivity (Wildman–Crippen MR) is 107 cm³/mol. The van der Waals surface area contributed by atoms with E-state index in [9.17, 15) is 18.0 Å². The Morgan fingerprint density at radius 1 is 1.10 bits per heavy atom. The van der Waals surface area contributed by atoms with Gasteiger partial charge in [-0.2, -0.15) is 13.2 Å². The molecule has 0 saturated carbocycles. The Morgan fingerprint density at radius 3 is 2.38 bits per heavy atom. The maximum atomic E-state index is 12.6. The van der Waals surface area contributed by atoms with Crippen molar-refractivity contribution >= 4 is 23.4 Å². The molecule has 1 atom stereocenters. The van der Waals surface area contributed by atoms with E-state index in [1.54, 1.807) is 6.92 Å². The number of alkyl halides is 3. The van der Waals surface area contributed by atoms with Gasteiger partial charge in [0.1, 0.15) is 0 Å². The fourth-order valence-corrected chi connectivity index (χ4v) is 3.49. The molecule has 0 radical (unpaired) electrons. The van der Waals surface area contributed by atoms with E-state index in [0.717, 1.165) is 23.3 Å². The van der Waals surface area contributed by atoms with Crippen molar-refractivity contribution in [2.45, 2.75) is 30.4 Å². The van der Waals surface area contributed by atoms with Gasteiger partial charge in [0.2, 0.25) is 5.91 Å². The van der Waals surface area contributed by atoms with Gasteiger partial charge in [-0.05, 0) is 43.7 Å². The maximum Gasteiger partial charge on any atom is 0.416 e. The topological polar surface area (TPSA) is 59.8 Å². The number of thioether (sulfide) groups is 1. The van der Waals surface area contributed by atoms with Crippen LogP contribution in [0.5, 0.6) is 0 Å². The molecule has 0 aliphatic heterocycles. The van der Waals surface area contributed by atoms with Crippen LogP contribution >= 0.6 is 11.8 Å². The molecular formula is C20H19F3N4OS. The van der Waals surface area contributed by atoms with E-state index in [1.807, 2.05) is 42.8 Å². The Hall–Kier alpha value is -2.81. The van der Waals surface area contributed by atoms with Gasteiger partial charge < -0.3 is 9.88 Å². The molecule has 5 nitrogen and oxygen atoms in total. The molecule has 0 saturated heterocycles. The molecule has 0 bridgehead atoms. The zero-order chi connectivity index (χ0) is 21.2. The lowest BCUT2D eigenvalue weighted by Crippen LogP contribution is -2.23. The van der Waals surface area contributed by atoms with Crippen LogP contribution in [-0.2, 0) is 18.0 Å². The monoisotopic (exact) mass is 420 g/mol. The van der Waals surface area contributed by atoms with Crippen molar-refractivity contribution < 1.29 is 18.0 Å². The number of rotatable bonds is 5. The summed E-state index contributed by atoms with van der Waals surface area (Å²) in [5, 5.41) is 11.1. The number of benzene rings is 2. The van der Waals surface area contributed by atoms with E-state index in [0.29, 0.717) is 16.7 Å². The molecule has 0 spiro atoms. The lowest BCUT2D eigenvalue weighted by atomic mass is 10.1. The smallest absolute Gasteiger partial charge is 0.325 e. The summed E-state index contributed by atoms with van der Waals surface area (Å²) in [6.07, 6.45) is -4.41. The number of hydrogen-bond acceptors (Lipinski definition) is 4. The molecule has 1 aromatic heterocycles. The number of aryl methyl sites for hydroxylation is 1. The van der Waals surface area contributed by atoms with E-state index in [2.05, 4.69) is 15.5 Å². The van der Waals surface area contributed by atoms with Gasteiger partial charge in [-0.15, -0.1) is 10.2 Å². The number of amides is 1. The summed E-state index contributed by atoms with van der Waals surface area (Å²) >= 11 is 1.22. The Bertz CT molecular complexity index is 1020. The summed E-state index contributed by atoms with van der Waals surface area (Å²) in [6, 6.07) is 12.1. The number of carbonyl (C=O) groups is 1. The molecule has 3 aromatic rings. The number of nitrogens with one attached hydrogen (secondary N) is 1. The first-order valence-electron chi connectivity index (χ1n) is 8.77. The van der Waals surface area contributed by atoms with Crippen molar-refractivity contribution in [3.8, 4) is 11.4 Å². The van der Waals surface area contributed by atoms with Gasteiger partial charge in [0, 0.05) is 18.3 Å². The van der Waals surface area contributed by atoms with E-state index < -0.39 is 17.0 Å². The first-order chi connectivity index (χ1) is 13.7. The van der Waals surface area contributed by atoms with Crippen molar-refractivity contribution in [1.82, 2.24) is 14.8 Å². The molecule has 0 aliphatic rings. The van der Waals surface area contributed by atoms with Crippen LogP contribution in [0.1, 0.15) is 18.1 Å². The predicted octanol–water partition coefficient (Wildman–Crippen LogP) is 4.93. The number of hydrogen-bond donors (Lipinski definition) is 1. The normalized spacial score (nSPS) is 12.6. The van der Waals surface area contributed by atoms with Gasteiger partial charge in [0.05, 0.1) is 10.8 Å². The average Bonchev–Trinajstić information content (AvgIpc) is 3.02. The van der Waals surface area contributed by atoms with Gasteiger partial charge in [-0.25, -0.2) is 0 Å². The second-order valence-electron chi connectivity index (χ2n) is 6.50. The Morgan fingerprint density at radius 2 is 1.76 bits per heavy atom. The number of nitrogens with zero attached hydrogens (tertiary/aromatic N) is 3. The molecule has 152 valence electrons. The van der Waals surface area contributed by atoms with E-state index in [-0.39, 0.29) is 5.91 Å². The minimum absolute atomic E-state index is 0.300. The fraction of sp³-hybridized carbons (Fsp3) is 0.250. The summed E-state index contributed by atoms with van der Waals surface area (Å²) in [4.78, 5) is 12.4. The van der Waals surface area contributed by atoms with Gasteiger partial charge in [-0.1, -0.05) is 36.0 Å². The largest absolute Gasteiger partial charge is 0.416 e. The molecule has 9 heteroatoms. The number of halogens is 3. The Kier molecular flexibility index (Phi) is 5.97. The summed E-state index contributed by atoms with van der Waals surface area (Å²) in [6.45, 7) is 3.68. The summed E-state index contributed by atoms with van der Waals surface area (Å²) < 4.78 is 39.7. The molecule has 1 unspecified atom stereocenters. The molecule has 0 fully saturated rings. The first kappa shape index (κ1) is 20.9. The highest BCUT2D eigenvalue weighted by molar-refractivity contribution is 8.00. The summed E-state index contributed by atoms with van der Waals surface area (Å²) in [5.41, 5.74) is 1.55. The molecule has 1 amide bonds. The fourth-order valence-electron chi connectivity index (χ4n) is 2.67. The van der Waals surface area contributed by atoms with Crippen LogP contribution in [0.3, 0.4) is 0 Å². The van der Waals surface area contributed by atoms with Crippen molar-refractivity contribution in [3.63, 3.8) is 0 Å². The third kappa shape index (κ3) is 4.79. The zero-order valence-corrected chi connectivity index (χ0v) is 16.8. The third-order valence-corrected chi connectivity index (χ3v) is 5.49. The van der Waals surface area contributed by atoms with Crippen molar-refractivity contribution in [2.24, 2.45) is 7.05 Å². The first-order valence-corrected chi connectivity index (χ1v) is 9.65. The van der Waals surface area contributed by atoms with E-state index >= 15 is 0 Å². The maximum absolute atomic E-state index is 12.6. The number of carbonyl (C=O) groups excluding carboxylic acids is 1.